The summed E-state index contributed by atoms with van der Waals surface area (Å²) in [6, 6.07) is 0. The van der Waals surface area contributed by atoms with Gasteiger partial charge in [-0.25, -0.2) is 0 Å². The summed E-state index contributed by atoms with van der Waals surface area (Å²) < 4.78 is 6.77. The minimum Gasteiger partial charge on any atom is -0.466 e. The number of guanidine groups is 1. The fourth-order valence-corrected chi connectivity index (χ4v) is 2.87. The van der Waals surface area contributed by atoms with Gasteiger partial charge in [0.25, 0.3) is 0 Å². The van der Waals surface area contributed by atoms with Crippen LogP contribution in [0.4, 0.5) is 0 Å². The zero-order valence-electron chi connectivity index (χ0n) is 14.3. The van der Waals surface area contributed by atoms with E-state index >= 15 is 0 Å². The van der Waals surface area contributed by atoms with E-state index in [9.17, 15) is 4.79 Å². The molecule has 1 aliphatic rings. The lowest BCUT2D eigenvalue weighted by Crippen LogP contribution is -2.40. The van der Waals surface area contributed by atoms with Gasteiger partial charge in [0, 0.05) is 52.3 Å². The molecule has 1 unspecified atom stereocenters. The monoisotopic (exact) mass is 321 g/mol. The predicted molar refractivity (Wildman–Crippen MR) is 89.4 cm³/mol. The molecule has 128 valence electrons. The van der Waals surface area contributed by atoms with Gasteiger partial charge in [0.1, 0.15) is 0 Å². The number of aromatic nitrogens is 2. The van der Waals surface area contributed by atoms with Gasteiger partial charge in [-0.2, -0.15) is 5.10 Å². The fraction of sp³-hybridized carbons (Fsp3) is 0.688. The Bertz CT molecular complexity index is 540. The van der Waals surface area contributed by atoms with Gasteiger partial charge in [-0.15, -0.1) is 0 Å². The number of rotatable bonds is 6. The summed E-state index contributed by atoms with van der Waals surface area (Å²) in [7, 11) is 3.74. The van der Waals surface area contributed by atoms with Gasteiger partial charge in [-0.3, -0.25) is 14.5 Å². The highest BCUT2D eigenvalue weighted by atomic mass is 16.5. The second kappa shape index (κ2) is 8.55. The Kier molecular flexibility index (Phi) is 6.43. The van der Waals surface area contributed by atoms with Crippen molar-refractivity contribution in [2.75, 3.05) is 33.3 Å². The van der Waals surface area contributed by atoms with Crippen LogP contribution in [0, 0.1) is 0 Å². The normalized spacial score (nSPS) is 18.3. The maximum Gasteiger partial charge on any atom is 0.305 e. The molecule has 0 amide bonds. The van der Waals surface area contributed by atoms with Crippen LogP contribution in [0.2, 0.25) is 0 Å². The standard InChI is InChI=1S/C16H27N5O2/c1-4-23-15(22)6-5-8-18-16(17-2)21-9-7-13(12-21)14-10-19-20(3)11-14/h10-11,13H,4-9,12H2,1-3H3,(H,17,18). The van der Waals surface area contributed by atoms with E-state index in [1.165, 1.54) is 5.56 Å². The molecule has 1 saturated heterocycles. The van der Waals surface area contributed by atoms with Crippen molar-refractivity contribution in [2.45, 2.75) is 32.1 Å². The number of hydrogen-bond acceptors (Lipinski definition) is 4. The van der Waals surface area contributed by atoms with Crippen molar-refractivity contribution >= 4 is 11.9 Å². The molecule has 0 radical (unpaired) electrons. The Balaban J connectivity index is 1.75. The Hall–Kier alpha value is -2.05. The molecule has 7 heteroatoms. The molecule has 2 rings (SSSR count). The summed E-state index contributed by atoms with van der Waals surface area (Å²) in [6.07, 6.45) is 6.33. The molecule has 0 spiro atoms. The summed E-state index contributed by atoms with van der Waals surface area (Å²) in [5, 5.41) is 7.59. The van der Waals surface area contributed by atoms with E-state index in [0.29, 0.717) is 18.9 Å². The van der Waals surface area contributed by atoms with Crippen LogP contribution >= 0.6 is 0 Å². The van der Waals surface area contributed by atoms with E-state index < -0.39 is 0 Å². The average Bonchev–Trinajstić information content (AvgIpc) is 3.16. The van der Waals surface area contributed by atoms with Gasteiger partial charge in [-0.05, 0) is 25.3 Å². The number of likely N-dealkylation sites (tertiary alicyclic amines) is 1. The number of aryl methyl sites for hydroxylation is 1. The van der Waals surface area contributed by atoms with E-state index in [1.54, 1.807) is 7.05 Å². The third-order valence-electron chi connectivity index (χ3n) is 4.04. The molecular formula is C16H27N5O2. The molecule has 0 aliphatic carbocycles. The van der Waals surface area contributed by atoms with E-state index in [4.69, 9.17) is 4.74 Å². The SMILES string of the molecule is CCOC(=O)CCCNC(=NC)N1CCC(c2cnn(C)c2)C1. The first kappa shape index (κ1) is 17.3. The third kappa shape index (κ3) is 4.97. The summed E-state index contributed by atoms with van der Waals surface area (Å²) >= 11 is 0. The number of nitrogens with zero attached hydrogens (tertiary/aromatic N) is 4. The summed E-state index contributed by atoms with van der Waals surface area (Å²) in [6.45, 7) is 4.92. The molecule has 2 heterocycles. The van der Waals surface area contributed by atoms with Crippen molar-refractivity contribution in [3.05, 3.63) is 18.0 Å². The summed E-state index contributed by atoms with van der Waals surface area (Å²) in [5.41, 5.74) is 1.28. The second-order valence-corrected chi connectivity index (χ2v) is 5.76. The Morgan fingerprint density at radius 1 is 1.57 bits per heavy atom. The fourth-order valence-electron chi connectivity index (χ4n) is 2.87. The molecular weight excluding hydrogens is 294 g/mol. The zero-order valence-corrected chi connectivity index (χ0v) is 14.3. The van der Waals surface area contributed by atoms with E-state index in [1.807, 2.05) is 24.9 Å². The molecule has 0 bridgehead atoms. The van der Waals surface area contributed by atoms with Crippen molar-refractivity contribution < 1.29 is 9.53 Å². The molecule has 1 atom stereocenters. The Morgan fingerprint density at radius 2 is 2.39 bits per heavy atom. The topological polar surface area (TPSA) is 71.8 Å². The molecule has 1 aliphatic heterocycles. The molecule has 1 aromatic heterocycles. The zero-order chi connectivity index (χ0) is 16.7. The van der Waals surface area contributed by atoms with Crippen molar-refractivity contribution in [1.29, 1.82) is 0 Å². The van der Waals surface area contributed by atoms with Gasteiger partial charge in [0.2, 0.25) is 0 Å². The lowest BCUT2D eigenvalue weighted by molar-refractivity contribution is -0.143. The minimum atomic E-state index is -0.137. The minimum absolute atomic E-state index is 0.137. The molecule has 23 heavy (non-hydrogen) atoms. The van der Waals surface area contributed by atoms with Gasteiger partial charge >= 0.3 is 5.97 Å². The first-order valence-corrected chi connectivity index (χ1v) is 8.23. The van der Waals surface area contributed by atoms with Gasteiger partial charge in [-0.1, -0.05) is 0 Å². The van der Waals surface area contributed by atoms with Crippen LogP contribution in [-0.2, 0) is 16.6 Å². The molecule has 1 fully saturated rings. The van der Waals surface area contributed by atoms with Crippen molar-refractivity contribution in [3.8, 4) is 0 Å². The average molecular weight is 321 g/mol. The Labute approximate surface area is 137 Å². The highest BCUT2D eigenvalue weighted by Gasteiger charge is 2.26. The highest BCUT2D eigenvalue weighted by molar-refractivity contribution is 5.80. The van der Waals surface area contributed by atoms with Crippen LogP contribution in [0.5, 0.6) is 0 Å². The van der Waals surface area contributed by atoms with Crippen LogP contribution in [0.25, 0.3) is 0 Å². The van der Waals surface area contributed by atoms with Crippen LogP contribution in [0.15, 0.2) is 17.4 Å². The quantitative estimate of drug-likeness (QED) is 0.368. The first-order chi connectivity index (χ1) is 11.1. The van der Waals surface area contributed by atoms with Crippen LogP contribution < -0.4 is 5.32 Å². The lowest BCUT2D eigenvalue weighted by atomic mass is 10.0. The molecule has 0 aromatic carbocycles. The maximum atomic E-state index is 11.3. The first-order valence-electron chi connectivity index (χ1n) is 8.23. The van der Waals surface area contributed by atoms with Gasteiger partial charge < -0.3 is 15.0 Å². The second-order valence-electron chi connectivity index (χ2n) is 5.76. The predicted octanol–water partition coefficient (Wildman–Crippen LogP) is 1.13. The van der Waals surface area contributed by atoms with E-state index in [0.717, 1.165) is 38.4 Å². The summed E-state index contributed by atoms with van der Waals surface area (Å²) in [5.74, 6) is 1.27. The number of esters is 1. The van der Waals surface area contributed by atoms with E-state index in [-0.39, 0.29) is 5.97 Å². The number of carbonyl (C=O) groups is 1. The van der Waals surface area contributed by atoms with Crippen LogP contribution in [0.3, 0.4) is 0 Å². The summed E-state index contributed by atoms with van der Waals surface area (Å²) in [4.78, 5) is 17.9. The number of carbonyl (C=O) groups excluding carboxylic acids is 1. The van der Waals surface area contributed by atoms with Crippen molar-refractivity contribution in [3.63, 3.8) is 0 Å². The number of ether oxygens (including phenoxy) is 1. The number of hydrogen-bond donors (Lipinski definition) is 1. The van der Waals surface area contributed by atoms with Gasteiger partial charge in [0.05, 0.1) is 12.8 Å². The maximum absolute atomic E-state index is 11.3. The number of aliphatic imine (C=N–C) groups is 1. The molecule has 1 aromatic rings. The molecule has 0 saturated carbocycles. The van der Waals surface area contributed by atoms with Crippen LogP contribution in [-0.4, -0.2) is 59.9 Å². The smallest absolute Gasteiger partial charge is 0.305 e. The Morgan fingerprint density at radius 3 is 3.04 bits per heavy atom. The molecule has 7 nitrogen and oxygen atoms in total. The van der Waals surface area contributed by atoms with Gasteiger partial charge in [0.15, 0.2) is 5.96 Å². The number of nitrogens with one attached hydrogen (secondary N) is 1. The van der Waals surface area contributed by atoms with Crippen LogP contribution in [0.1, 0.15) is 37.7 Å². The largest absolute Gasteiger partial charge is 0.466 e. The van der Waals surface area contributed by atoms with E-state index in [2.05, 4.69) is 26.5 Å². The third-order valence-corrected chi connectivity index (χ3v) is 4.04. The highest BCUT2D eigenvalue weighted by Crippen LogP contribution is 2.26. The molecule has 1 N–H and O–H groups in total. The lowest BCUT2D eigenvalue weighted by Gasteiger charge is -2.21. The van der Waals surface area contributed by atoms with Crippen molar-refractivity contribution in [1.82, 2.24) is 20.0 Å². The van der Waals surface area contributed by atoms with Crippen molar-refractivity contribution in [2.24, 2.45) is 12.0 Å².